The zero-order valence-corrected chi connectivity index (χ0v) is 8.52. The van der Waals surface area contributed by atoms with Gasteiger partial charge < -0.3 is 0 Å². The first-order chi connectivity index (χ1) is 6.77. The van der Waals surface area contributed by atoms with Crippen LogP contribution in [0, 0.1) is 52.3 Å². The predicted octanol–water partition coefficient (Wildman–Crippen LogP) is 2.47. The summed E-state index contributed by atoms with van der Waals surface area (Å²) in [4.78, 5) is 10.4. The minimum absolute atomic E-state index is 0.469. The molecule has 0 aromatic heterocycles. The van der Waals surface area contributed by atoms with Crippen LogP contribution >= 0.6 is 11.6 Å². The molecule has 5 rings (SSSR count). The zero-order valence-electron chi connectivity index (χ0n) is 7.77. The molecule has 74 valence electrons. The van der Waals surface area contributed by atoms with E-state index in [0.29, 0.717) is 11.8 Å². The summed E-state index contributed by atoms with van der Waals surface area (Å²) in [7, 11) is 0. The minimum atomic E-state index is -0.662. The highest BCUT2D eigenvalue weighted by Gasteiger charge is 2.85. The van der Waals surface area contributed by atoms with Crippen molar-refractivity contribution >= 4 is 11.6 Å². The van der Waals surface area contributed by atoms with E-state index in [-0.39, 0.29) is 0 Å². The number of halogens is 1. The van der Waals surface area contributed by atoms with E-state index < -0.39 is 5.00 Å². The standard InChI is InChI=1S/C11H12ClNO/c12-11(13-14)9-4-2-5-7-3(4)1-6(9)8(7)10(5)11/h3-10H,1-2H2. The minimum Gasteiger partial charge on any atom is -0.149 e. The molecule has 0 N–H and O–H groups in total. The fraction of sp³-hybridized carbons (Fsp3) is 1.00. The van der Waals surface area contributed by atoms with Gasteiger partial charge in [-0.1, -0.05) is 11.6 Å². The fourth-order valence-electron chi connectivity index (χ4n) is 6.57. The monoisotopic (exact) mass is 209 g/mol. The molecule has 2 nitrogen and oxygen atoms in total. The van der Waals surface area contributed by atoms with Gasteiger partial charge in [0.2, 0.25) is 0 Å². The van der Waals surface area contributed by atoms with Crippen LogP contribution in [0.2, 0.25) is 0 Å². The molecule has 0 aliphatic heterocycles. The molecule has 0 heterocycles. The van der Waals surface area contributed by atoms with Gasteiger partial charge in [0.1, 0.15) is 0 Å². The molecule has 9 atom stereocenters. The maximum atomic E-state index is 11.1. The Morgan fingerprint density at radius 2 is 1.71 bits per heavy atom. The van der Waals surface area contributed by atoms with Crippen LogP contribution in [0.4, 0.5) is 0 Å². The molecular weight excluding hydrogens is 198 g/mol. The van der Waals surface area contributed by atoms with Crippen molar-refractivity contribution in [3.8, 4) is 0 Å². The molecule has 0 radical (unpaired) electrons. The summed E-state index contributed by atoms with van der Waals surface area (Å²) in [5.74, 6) is 6.02. The van der Waals surface area contributed by atoms with Crippen molar-refractivity contribution in [2.45, 2.75) is 17.8 Å². The van der Waals surface area contributed by atoms with Crippen LogP contribution in [-0.4, -0.2) is 5.00 Å². The third kappa shape index (κ3) is 0.407. The average molecular weight is 210 g/mol. The molecule has 0 spiro atoms. The van der Waals surface area contributed by atoms with Gasteiger partial charge in [-0.2, -0.15) is 0 Å². The fourth-order valence-corrected chi connectivity index (χ4v) is 7.20. The van der Waals surface area contributed by atoms with Gasteiger partial charge in [-0.05, 0) is 53.5 Å². The van der Waals surface area contributed by atoms with E-state index in [1.165, 1.54) is 12.8 Å². The molecule has 9 unspecified atom stereocenters. The summed E-state index contributed by atoms with van der Waals surface area (Å²) < 4.78 is 0. The van der Waals surface area contributed by atoms with E-state index in [2.05, 4.69) is 5.18 Å². The summed E-state index contributed by atoms with van der Waals surface area (Å²) in [6, 6.07) is 0. The van der Waals surface area contributed by atoms with E-state index in [0.717, 1.165) is 35.5 Å². The van der Waals surface area contributed by atoms with E-state index >= 15 is 0 Å². The number of rotatable bonds is 1. The van der Waals surface area contributed by atoms with Gasteiger partial charge >= 0.3 is 0 Å². The van der Waals surface area contributed by atoms with Gasteiger partial charge in [0.25, 0.3) is 0 Å². The predicted molar refractivity (Wildman–Crippen MR) is 51.5 cm³/mol. The van der Waals surface area contributed by atoms with E-state index in [9.17, 15) is 4.91 Å². The van der Waals surface area contributed by atoms with E-state index in [1.54, 1.807) is 0 Å². The summed E-state index contributed by atoms with van der Waals surface area (Å²) in [6.45, 7) is 0. The lowest BCUT2D eigenvalue weighted by Crippen LogP contribution is -2.49. The van der Waals surface area contributed by atoms with Gasteiger partial charge in [0.05, 0.1) is 0 Å². The van der Waals surface area contributed by atoms with Gasteiger partial charge in [-0.15, -0.1) is 4.91 Å². The Kier molecular flexibility index (Phi) is 0.868. The van der Waals surface area contributed by atoms with Crippen molar-refractivity contribution in [2.24, 2.45) is 52.5 Å². The van der Waals surface area contributed by atoms with Crippen molar-refractivity contribution in [3.63, 3.8) is 0 Å². The van der Waals surface area contributed by atoms with Gasteiger partial charge in [-0.25, -0.2) is 0 Å². The lowest BCUT2D eigenvalue weighted by atomic mass is 9.59. The van der Waals surface area contributed by atoms with Crippen LogP contribution in [0.3, 0.4) is 0 Å². The third-order valence-corrected chi connectivity index (χ3v) is 7.01. The summed E-state index contributed by atoms with van der Waals surface area (Å²) in [5.41, 5.74) is 0. The normalized spacial score (nSPS) is 79.8. The maximum Gasteiger partial charge on any atom is 0.182 e. The van der Waals surface area contributed by atoms with Gasteiger partial charge in [-0.3, -0.25) is 0 Å². The number of nitroso groups, excluding NO2 is 1. The molecule has 5 aliphatic rings. The van der Waals surface area contributed by atoms with Crippen molar-refractivity contribution in [1.82, 2.24) is 0 Å². The molecule has 3 heteroatoms. The van der Waals surface area contributed by atoms with Crippen LogP contribution < -0.4 is 0 Å². The molecule has 5 aliphatic carbocycles. The lowest BCUT2D eigenvalue weighted by Gasteiger charge is -2.48. The Morgan fingerprint density at radius 1 is 1.00 bits per heavy atom. The van der Waals surface area contributed by atoms with Crippen molar-refractivity contribution in [3.05, 3.63) is 4.91 Å². The summed E-state index contributed by atoms with van der Waals surface area (Å²) in [5, 5.41) is 3.35. The molecule has 0 saturated heterocycles. The second-order valence-electron chi connectivity index (χ2n) is 6.15. The van der Waals surface area contributed by atoms with Crippen molar-refractivity contribution in [1.29, 1.82) is 0 Å². The molecule has 0 aromatic rings. The maximum absolute atomic E-state index is 11.1. The van der Waals surface area contributed by atoms with Crippen LogP contribution in [0.1, 0.15) is 12.8 Å². The quantitative estimate of drug-likeness (QED) is 0.371. The van der Waals surface area contributed by atoms with Crippen LogP contribution in [0.5, 0.6) is 0 Å². The molecular formula is C11H12ClNO. The second kappa shape index (κ2) is 1.68. The number of nitrogens with zero attached hydrogens (tertiary/aromatic N) is 1. The molecule has 5 saturated carbocycles. The first kappa shape index (κ1) is 7.21. The lowest BCUT2D eigenvalue weighted by molar-refractivity contribution is 0.00803. The number of hydrogen-bond acceptors (Lipinski definition) is 2. The Bertz CT molecular complexity index is 366. The van der Waals surface area contributed by atoms with Crippen LogP contribution in [0.15, 0.2) is 5.18 Å². The molecule has 14 heavy (non-hydrogen) atoms. The van der Waals surface area contributed by atoms with Crippen molar-refractivity contribution in [2.75, 3.05) is 0 Å². The van der Waals surface area contributed by atoms with E-state index in [1.807, 2.05) is 0 Å². The SMILES string of the molecule is O=NC1(Cl)C2C3CC4C5C3CC2C5C41. The second-order valence-corrected chi connectivity index (χ2v) is 6.76. The largest absolute Gasteiger partial charge is 0.182 e. The molecule has 5 fully saturated rings. The Labute approximate surface area is 87.4 Å². The van der Waals surface area contributed by atoms with Crippen molar-refractivity contribution < 1.29 is 0 Å². The van der Waals surface area contributed by atoms with E-state index in [4.69, 9.17) is 11.6 Å². The molecule has 0 aromatic carbocycles. The highest BCUT2D eigenvalue weighted by molar-refractivity contribution is 6.24. The Morgan fingerprint density at radius 3 is 2.50 bits per heavy atom. The highest BCUT2D eigenvalue weighted by atomic mass is 35.5. The highest BCUT2D eigenvalue weighted by Crippen LogP contribution is 2.86. The first-order valence-corrected chi connectivity index (χ1v) is 6.18. The Hall–Kier alpha value is -0.110. The third-order valence-electron chi connectivity index (χ3n) is 6.44. The number of hydrogen-bond donors (Lipinski definition) is 0. The summed E-state index contributed by atoms with van der Waals surface area (Å²) >= 11 is 6.51. The smallest absolute Gasteiger partial charge is 0.149 e. The van der Waals surface area contributed by atoms with Crippen LogP contribution in [-0.2, 0) is 0 Å². The van der Waals surface area contributed by atoms with Gasteiger partial charge in [0, 0.05) is 11.8 Å². The molecule has 2 bridgehead atoms. The van der Waals surface area contributed by atoms with Gasteiger partial charge in [0.15, 0.2) is 5.00 Å². The zero-order chi connectivity index (χ0) is 9.24. The summed E-state index contributed by atoms with van der Waals surface area (Å²) in [6.07, 6.45) is 2.75. The topological polar surface area (TPSA) is 29.4 Å². The number of alkyl halides is 1. The Balaban J connectivity index is 1.82. The van der Waals surface area contributed by atoms with Crippen LogP contribution in [0.25, 0.3) is 0 Å². The molecule has 0 amide bonds. The average Bonchev–Trinajstić information content (AvgIpc) is 2.63. The first-order valence-electron chi connectivity index (χ1n) is 5.81. The number of fused-ring (bicyclic) bond motifs is 2.